The van der Waals surface area contributed by atoms with E-state index < -0.39 is 11.7 Å². The highest BCUT2D eigenvalue weighted by molar-refractivity contribution is 5.69. The topological polar surface area (TPSA) is 29.3 Å². The van der Waals surface area contributed by atoms with E-state index in [-0.39, 0.29) is 5.69 Å². The molecule has 1 aromatic rings. The van der Waals surface area contributed by atoms with Gasteiger partial charge in [-0.3, -0.25) is 0 Å². The van der Waals surface area contributed by atoms with E-state index in [0.717, 1.165) is 25.0 Å². The molecular formula is C12H15F3N2. The number of benzene rings is 1. The number of rotatable bonds is 2. The number of nitrogens with zero attached hydrogens (tertiary/aromatic N) is 1. The predicted octanol–water partition coefficient (Wildman–Crippen LogP) is 3.28. The summed E-state index contributed by atoms with van der Waals surface area (Å²) in [5.41, 5.74) is 5.87. The summed E-state index contributed by atoms with van der Waals surface area (Å²) in [6.45, 7) is 0. The highest BCUT2D eigenvalue weighted by Crippen LogP contribution is 2.36. The predicted molar refractivity (Wildman–Crippen MR) is 61.9 cm³/mol. The minimum Gasteiger partial charge on any atom is -0.397 e. The molecule has 0 atom stereocenters. The van der Waals surface area contributed by atoms with Gasteiger partial charge >= 0.3 is 6.18 Å². The molecule has 0 amide bonds. The fourth-order valence-corrected chi connectivity index (χ4v) is 2.02. The fourth-order valence-electron chi connectivity index (χ4n) is 2.02. The zero-order valence-corrected chi connectivity index (χ0v) is 9.59. The Labute approximate surface area is 98.2 Å². The molecule has 1 aromatic carbocycles. The number of alkyl halides is 3. The third-order valence-corrected chi connectivity index (χ3v) is 3.36. The van der Waals surface area contributed by atoms with Crippen LogP contribution < -0.4 is 10.6 Å². The van der Waals surface area contributed by atoms with E-state index in [4.69, 9.17) is 5.73 Å². The Hall–Kier alpha value is -1.39. The van der Waals surface area contributed by atoms with Gasteiger partial charge in [-0.05, 0) is 37.5 Å². The van der Waals surface area contributed by atoms with Gasteiger partial charge in [0.25, 0.3) is 0 Å². The van der Waals surface area contributed by atoms with Crippen molar-refractivity contribution in [2.45, 2.75) is 31.5 Å². The number of anilines is 2. The highest BCUT2D eigenvalue weighted by Gasteiger charge is 2.31. The van der Waals surface area contributed by atoms with Gasteiger partial charge in [0.05, 0.1) is 16.9 Å². The number of hydrogen-bond donors (Lipinski definition) is 1. The molecule has 17 heavy (non-hydrogen) atoms. The molecule has 0 spiro atoms. The second-order valence-corrected chi connectivity index (χ2v) is 4.47. The fraction of sp³-hybridized carbons (Fsp3) is 0.500. The van der Waals surface area contributed by atoms with E-state index in [1.54, 1.807) is 0 Å². The van der Waals surface area contributed by atoms with Gasteiger partial charge in [-0.15, -0.1) is 0 Å². The van der Waals surface area contributed by atoms with Crippen molar-refractivity contribution in [1.29, 1.82) is 0 Å². The molecule has 0 unspecified atom stereocenters. The highest BCUT2D eigenvalue weighted by atomic mass is 19.4. The number of halogens is 3. The van der Waals surface area contributed by atoms with Gasteiger partial charge in [-0.25, -0.2) is 0 Å². The smallest absolute Gasteiger partial charge is 0.397 e. The van der Waals surface area contributed by atoms with Crippen LogP contribution in [0.2, 0.25) is 0 Å². The maximum Gasteiger partial charge on any atom is 0.416 e. The van der Waals surface area contributed by atoms with Gasteiger partial charge in [0, 0.05) is 13.1 Å². The van der Waals surface area contributed by atoms with Crippen LogP contribution in [-0.4, -0.2) is 13.1 Å². The van der Waals surface area contributed by atoms with Crippen molar-refractivity contribution < 1.29 is 13.2 Å². The Kier molecular flexibility index (Phi) is 2.93. The van der Waals surface area contributed by atoms with Crippen LogP contribution >= 0.6 is 0 Å². The molecule has 2 rings (SSSR count). The molecule has 0 heterocycles. The summed E-state index contributed by atoms with van der Waals surface area (Å²) in [6.07, 6.45) is -0.995. The first kappa shape index (κ1) is 12.1. The molecule has 1 aliphatic carbocycles. The molecule has 1 saturated carbocycles. The lowest BCUT2D eigenvalue weighted by Gasteiger charge is -2.37. The maximum absolute atomic E-state index is 12.5. The van der Waals surface area contributed by atoms with E-state index in [0.29, 0.717) is 11.7 Å². The third-order valence-electron chi connectivity index (χ3n) is 3.36. The second-order valence-electron chi connectivity index (χ2n) is 4.47. The van der Waals surface area contributed by atoms with Crippen LogP contribution in [0.5, 0.6) is 0 Å². The van der Waals surface area contributed by atoms with Gasteiger partial charge in [0.15, 0.2) is 0 Å². The summed E-state index contributed by atoms with van der Waals surface area (Å²) in [7, 11) is 1.88. The summed E-state index contributed by atoms with van der Waals surface area (Å²) in [4.78, 5) is 1.97. The Balaban J connectivity index is 2.25. The lowest BCUT2D eigenvalue weighted by Crippen LogP contribution is -2.37. The lowest BCUT2D eigenvalue weighted by atomic mass is 9.91. The van der Waals surface area contributed by atoms with Crippen molar-refractivity contribution in [1.82, 2.24) is 0 Å². The molecule has 0 saturated heterocycles. The van der Waals surface area contributed by atoms with Crippen LogP contribution in [0.3, 0.4) is 0 Å². The van der Waals surface area contributed by atoms with Crippen LogP contribution in [0.15, 0.2) is 18.2 Å². The minimum absolute atomic E-state index is 0.189. The molecule has 1 aliphatic rings. The van der Waals surface area contributed by atoms with E-state index in [1.807, 2.05) is 11.9 Å². The van der Waals surface area contributed by atoms with Crippen molar-refractivity contribution in [2.24, 2.45) is 0 Å². The molecule has 1 fully saturated rings. The van der Waals surface area contributed by atoms with Crippen molar-refractivity contribution in [3.8, 4) is 0 Å². The first-order valence-corrected chi connectivity index (χ1v) is 5.59. The lowest BCUT2D eigenvalue weighted by molar-refractivity contribution is -0.137. The van der Waals surface area contributed by atoms with Crippen LogP contribution in [0.4, 0.5) is 24.5 Å². The van der Waals surface area contributed by atoms with Crippen molar-refractivity contribution >= 4 is 11.4 Å². The zero-order chi connectivity index (χ0) is 12.6. The summed E-state index contributed by atoms with van der Waals surface area (Å²) in [5, 5.41) is 0. The normalized spacial score (nSPS) is 16.7. The van der Waals surface area contributed by atoms with E-state index >= 15 is 0 Å². The molecule has 0 radical (unpaired) electrons. The minimum atomic E-state index is -4.33. The monoisotopic (exact) mass is 244 g/mol. The van der Waals surface area contributed by atoms with Crippen molar-refractivity contribution in [3.63, 3.8) is 0 Å². The maximum atomic E-state index is 12.5. The molecule has 2 nitrogen and oxygen atoms in total. The van der Waals surface area contributed by atoms with Gasteiger partial charge in [0.1, 0.15) is 0 Å². The van der Waals surface area contributed by atoms with Crippen LogP contribution in [0, 0.1) is 0 Å². The molecule has 0 aromatic heterocycles. The Morgan fingerprint density at radius 1 is 1.29 bits per heavy atom. The first-order chi connectivity index (χ1) is 7.89. The Bertz CT molecular complexity index is 411. The van der Waals surface area contributed by atoms with Crippen molar-refractivity contribution in [3.05, 3.63) is 23.8 Å². The molecule has 94 valence electrons. The van der Waals surface area contributed by atoms with Gasteiger partial charge < -0.3 is 10.6 Å². The van der Waals surface area contributed by atoms with Gasteiger partial charge in [-0.2, -0.15) is 13.2 Å². The molecule has 0 aliphatic heterocycles. The van der Waals surface area contributed by atoms with E-state index in [2.05, 4.69) is 0 Å². The number of nitrogen functional groups attached to an aromatic ring is 1. The summed E-state index contributed by atoms with van der Waals surface area (Å²) >= 11 is 0. The van der Waals surface area contributed by atoms with Crippen LogP contribution in [0.1, 0.15) is 24.8 Å². The van der Waals surface area contributed by atoms with E-state index in [1.165, 1.54) is 12.5 Å². The molecule has 0 bridgehead atoms. The molecule has 2 N–H and O–H groups in total. The van der Waals surface area contributed by atoms with E-state index in [9.17, 15) is 13.2 Å². The largest absolute Gasteiger partial charge is 0.416 e. The second kappa shape index (κ2) is 4.13. The third kappa shape index (κ3) is 2.33. The Morgan fingerprint density at radius 3 is 2.35 bits per heavy atom. The van der Waals surface area contributed by atoms with Gasteiger partial charge in [-0.1, -0.05) is 0 Å². The summed E-state index contributed by atoms with van der Waals surface area (Å²) < 4.78 is 37.4. The summed E-state index contributed by atoms with van der Waals surface area (Å²) in [5.74, 6) is 0. The van der Waals surface area contributed by atoms with Crippen LogP contribution in [0.25, 0.3) is 0 Å². The summed E-state index contributed by atoms with van der Waals surface area (Å²) in [6, 6.07) is 3.95. The Morgan fingerprint density at radius 2 is 1.94 bits per heavy atom. The SMILES string of the molecule is CN(c1ccc(C(F)(F)F)cc1N)C1CCC1. The number of nitrogens with two attached hydrogens (primary N) is 1. The number of hydrogen-bond acceptors (Lipinski definition) is 2. The van der Waals surface area contributed by atoms with Crippen LogP contribution in [-0.2, 0) is 6.18 Å². The average Bonchev–Trinajstić information content (AvgIpc) is 2.12. The standard InChI is InChI=1S/C12H15F3N2/c1-17(9-3-2-4-9)11-6-5-8(7-10(11)16)12(13,14)15/h5-7,9H,2-4,16H2,1H3. The molecular weight excluding hydrogens is 229 g/mol. The zero-order valence-electron chi connectivity index (χ0n) is 9.59. The van der Waals surface area contributed by atoms with Gasteiger partial charge in [0.2, 0.25) is 0 Å². The van der Waals surface area contributed by atoms with Crippen molar-refractivity contribution in [2.75, 3.05) is 17.7 Å². The average molecular weight is 244 g/mol. The first-order valence-electron chi connectivity index (χ1n) is 5.59. The quantitative estimate of drug-likeness (QED) is 0.809. The molecule has 5 heteroatoms.